The highest BCUT2D eigenvalue weighted by Crippen LogP contribution is 2.43. The van der Waals surface area contributed by atoms with Crippen molar-refractivity contribution in [1.29, 1.82) is 0 Å². The van der Waals surface area contributed by atoms with E-state index in [-0.39, 0.29) is 6.29 Å². The summed E-state index contributed by atoms with van der Waals surface area (Å²) in [4.78, 5) is 13.4. The molecule has 10 heteroatoms. The first kappa shape index (κ1) is 15.1. The lowest BCUT2D eigenvalue weighted by Crippen LogP contribution is -2.20. The molecule has 0 spiro atoms. The van der Waals surface area contributed by atoms with E-state index in [0.29, 0.717) is 13.3 Å². The molecule has 1 rings (SSSR count). The molecule has 0 amide bonds. The fourth-order valence-corrected chi connectivity index (χ4v) is 1.25. The minimum atomic E-state index is -5.22. The molecule has 0 aliphatic heterocycles. The quantitative estimate of drug-likeness (QED) is 0.634. The Morgan fingerprint density at radius 2 is 1.79 bits per heavy atom. The number of alkyl halides is 6. The second-order valence-electron chi connectivity index (χ2n) is 3.08. The van der Waals surface area contributed by atoms with Crippen LogP contribution in [0.2, 0.25) is 0 Å². The number of aldehydes is 1. The van der Waals surface area contributed by atoms with E-state index < -0.39 is 35.3 Å². The van der Waals surface area contributed by atoms with E-state index in [4.69, 9.17) is 0 Å². The van der Waals surface area contributed by atoms with Crippen molar-refractivity contribution in [3.8, 4) is 11.5 Å². The van der Waals surface area contributed by atoms with Crippen molar-refractivity contribution in [3.05, 3.63) is 17.5 Å². The minimum absolute atomic E-state index is 0.247. The molecule has 0 saturated heterocycles. The summed E-state index contributed by atoms with van der Waals surface area (Å²) in [6, 6.07) is 0. The van der Waals surface area contributed by atoms with Gasteiger partial charge in [0.05, 0.1) is 13.3 Å². The van der Waals surface area contributed by atoms with Gasteiger partial charge in [0.25, 0.3) is 0 Å². The summed E-state index contributed by atoms with van der Waals surface area (Å²) < 4.78 is 81.7. The van der Waals surface area contributed by atoms with Crippen LogP contribution >= 0.6 is 0 Å². The number of carbonyl (C=O) groups is 1. The maximum atomic E-state index is 12.7. The molecule has 0 radical (unpaired) electrons. The lowest BCUT2D eigenvalue weighted by molar-refractivity contribution is -0.275. The van der Waals surface area contributed by atoms with Crippen LogP contribution in [0.5, 0.6) is 11.5 Å². The zero-order valence-corrected chi connectivity index (χ0v) is 9.09. The summed E-state index contributed by atoms with van der Waals surface area (Å²) in [5.41, 5.74) is -2.83. The Bertz CT molecular complexity index is 482. The summed E-state index contributed by atoms with van der Waals surface area (Å²) in [6.07, 6.45) is -10.3. The maximum absolute atomic E-state index is 12.7. The Balaban J connectivity index is 3.49. The molecule has 0 fully saturated rings. The predicted octanol–water partition coefficient (Wildman–Crippen LogP) is 2.82. The number of carbonyl (C=O) groups excluding carboxylic acids is 1. The van der Waals surface area contributed by atoms with Gasteiger partial charge in [-0.25, -0.2) is 4.98 Å². The van der Waals surface area contributed by atoms with Crippen LogP contribution in [0.15, 0.2) is 6.20 Å². The number of methoxy groups -OCH3 is 1. The number of rotatable bonds is 3. The molecule has 0 aromatic carbocycles. The number of ether oxygens (including phenoxy) is 2. The van der Waals surface area contributed by atoms with Crippen LogP contribution in [0, 0.1) is 0 Å². The molecule has 0 atom stereocenters. The van der Waals surface area contributed by atoms with E-state index in [1.165, 1.54) is 0 Å². The molecule has 0 aliphatic carbocycles. The van der Waals surface area contributed by atoms with Crippen molar-refractivity contribution in [1.82, 2.24) is 4.98 Å². The van der Waals surface area contributed by atoms with Gasteiger partial charge in [0, 0.05) is 0 Å². The standard InChI is InChI=1S/C9H5F6NO3/c1-18-7-5(19-9(13,14)15)2-16-4(3-17)6(7)8(10,11)12/h2-3H,1H3. The van der Waals surface area contributed by atoms with E-state index in [9.17, 15) is 31.1 Å². The third-order valence-corrected chi connectivity index (χ3v) is 1.85. The van der Waals surface area contributed by atoms with E-state index in [2.05, 4.69) is 14.5 Å². The third-order valence-electron chi connectivity index (χ3n) is 1.85. The SMILES string of the molecule is COc1c(OC(F)(F)F)cnc(C=O)c1C(F)(F)F. The molecular weight excluding hydrogens is 284 g/mol. The van der Waals surface area contributed by atoms with Crippen LogP contribution in [-0.2, 0) is 6.18 Å². The van der Waals surface area contributed by atoms with Crippen molar-refractivity contribution < 1.29 is 40.6 Å². The fraction of sp³-hybridized carbons (Fsp3) is 0.333. The number of nitrogens with zero attached hydrogens (tertiary/aromatic N) is 1. The molecule has 0 N–H and O–H groups in total. The average Bonchev–Trinajstić information content (AvgIpc) is 2.25. The van der Waals surface area contributed by atoms with E-state index in [1.807, 2.05) is 0 Å². The van der Waals surface area contributed by atoms with Gasteiger partial charge in [-0.3, -0.25) is 4.79 Å². The monoisotopic (exact) mass is 289 g/mol. The molecule has 0 aliphatic rings. The first-order valence-corrected chi connectivity index (χ1v) is 4.45. The molecule has 1 heterocycles. The number of halogens is 6. The van der Waals surface area contributed by atoms with E-state index >= 15 is 0 Å². The molecular formula is C9H5F6NO3. The predicted molar refractivity (Wildman–Crippen MR) is 47.9 cm³/mol. The van der Waals surface area contributed by atoms with Crippen molar-refractivity contribution in [2.24, 2.45) is 0 Å². The van der Waals surface area contributed by atoms with Gasteiger partial charge in [-0.2, -0.15) is 13.2 Å². The largest absolute Gasteiger partial charge is 0.573 e. The van der Waals surface area contributed by atoms with Gasteiger partial charge in [-0.15, -0.1) is 13.2 Å². The number of aromatic nitrogens is 1. The molecule has 19 heavy (non-hydrogen) atoms. The summed E-state index contributed by atoms with van der Waals surface area (Å²) >= 11 is 0. The van der Waals surface area contributed by atoms with Crippen LogP contribution in [0.4, 0.5) is 26.3 Å². The van der Waals surface area contributed by atoms with Crippen molar-refractivity contribution in [2.75, 3.05) is 7.11 Å². The maximum Gasteiger partial charge on any atom is 0.573 e. The normalized spacial score (nSPS) is 12.2. The Morgan fingerprint density at radius 1 is 1.21 bits per heavy atom. The highest BCUT2D eigenvalue weighted by molar-refractivity contribution is 5.77. The zero-order valence-electron chi connectivity index (χ0n) is 9.09. The van der Waals surface area contributed by atoms with E-state index in [1.54, 1.807) is 0 Å². The van der Waals surface area contributed by atoms with Crippen LogP contribution in [0.1, 0.15) is 16.1 Å². The Kier molecular flexibility index (Phi) is 3.91. The smallest absolute Gasteiger partial charge is 0.492 e. The Labute approximate surface area is 101 Å². The van der Waals surface area contributed by atoms with Gasteiger partial charge < -0.3 is 9.47 Å². The third kappa shape index (κ3) is 3.48. The average molecular weight is 289 g/mol. The van der Waals surface area contributed by atoms with Crippen LogP contribution < -0.4 is 9.47 Å². The molecule has 4 nitrogen and oxygen atoms in total. The van der Waals surface area contributed by atoms with Crippen molar-refractivity contribution >= 4 is 6.29 Å². The van der Waals surface area contributed by atoms with Crippen molar-refractivity contribution in [2.45, 2.75) is 12.5 Å². The number of pyridine rings is 1. The first-order valence-electron chi connectivity index (χ1n) is 4.45. The van der Waals surface area contributed by atoms with Crippen molar-refractivity contribution in [3.63, 3.8) is 0 Å². The lowest BCUT2D eigenvalue weighted by atomic mass is 10.1. The molecule has 106 valence electrons. The fourth-order valence-electron chi connectivity index (χ4n) is 1.25. The van der Waals surface area contributed by atoms with Gasteiger partial charge in [0.1, 0.15) is 11.3 Å². The van der Waals surface area contributed by atoms with Gasteiger partial charge in [0.2, 0.25) is 0 Å². The molecule has 0 saturated carbocycles. The number of hydrogen-bond donors (Lipinski definition) is 0. The highest BCUT2D eigenvalue weighted by atomic mass is 19.4. The Morgan fingerprint density at radius 3 is 2.16 bits per heavy atom. The zero-order chi connectivity index (χ0) is 14.8. The second-order valence-corrected chi connectivity index (χ2v) is 3.08. The van der Waals surface area contributed by atoms with Gasteiger partial charge in [-0.05, 0) is 0 Å². The Hall–Kier alpha value is -2.00. The minimum Gasteiger partial charge on any atom is -0.492 e. The molecule has 1 aromatic rings. The summed E-state index contributed by atoms with van der Waals surface area (Å²) in [7, 11) is 0.711. The number of hydrogen-bond acceptors (Lipinski definition) is 4. The highest BCUT2D eigenvalue weighted by Gasteiger charge is 2.41. The topological polar surface area (TPSA) is 48.4 Å². The van der Waals surface area contributed by atoms with Crippen LogP contribution in [0.25, 0.3) is 0 Å². The van der Waals surface area contributed by atoms with Crippen LogP contribution in [-0.4, -0.2) is 24.7 Å². The lowest BCUT2D eigenvalue weighted by Gasteiger charge is -2.17. The van der Waals surface area contributed by atoms with Gasteiger partial charge >= 0.3 is 12.5 Å². The summed E-state index contributed by atoms with van der Waals surface area (Å²) in [5.74, 6) is -2.55. The first-order chi connectivity index (χ1) is 8.60. The van der Waals surface area contributed by atoms with Crippen LogP contribution in [0.3, 0.4) is 0 Å². The molecule has 1 aromatic heterocycles. The summed E-state index contributed by atoms with van der Waals surface area (Å²) in [6.45, 7) is 0. The van der Waals surface area contributed by atoms with Gasteiger partial charge in [-0.1, -0.05) is 0 Å². The van der Waals surface area contributed by atoms with E-state index in [0.717, 1.165) is 0 Å². The summed E-state index contributed by atoms with van der Waals surface area (Å²) in [5, 5.41) is 0. The second kappa shape index (κ2) is 4.94. The van der Waals surface area contributed by atoms with Gasteiger partial charge in [0.15, 0.2) is 17.8 Å². The molecule has 0 bridgehead atoms. The molecule has 0 unspecified atom stereocenters.